The van der Waals surface area contributed by atoms with Gasteiger partial charge in [0.15, 0.2) is 0 Å². The number of aromatic nitrogens is 2. The molecule has 158 valence electrons. The number of thiophene rings is 1. The average molecular weight is 470 g/mol. The van der Waals surface area contributed by atoms with Crippen LogP contribution < -0.4 is 10.9 Å². The Hall–Kier alpha value is -2.61. The Balaban J connectivity index is 1.41. The largest absolute Gasteiger partial charge is 0.351 e. The lowest BCUT2D eigenvalue weighted by Gasteiger charge is -2.12. The summed E-state index contributed by atoms with van der Waals surface area (Å²) < 4.78 is 0. The molecule has 0 bridgehead atoms. The SMILES string of the molecule is CC(SCc1nc2scc(-c3ccccc3)c2c(=O)[nH]1)C(=O)NCc1ccccc1Cl. The van der Waals surface area contributed by atoms with E-state index in [4.69, 9.17) is 11.6 Å². The van der Waals surface area contributed by atoms with Gasteiger partial charge in [0.1, 0.15) is 10.7 Å². The van der Waals surface area contributed by atoms with E-state index in [0.717, 1.165) is 16.7 Å². The van der Waals surface area contributed by atoms with Crippen LogP contribution in [-0.4, -0.2) is 21.1 Å². The highest BCUT2D eigenvalue weighted by molar-refractivity contribution is 7.99. The predicted octanol–water partition coefficient (Wildman–Crippen LogP) is 5.24. The van der Waals surface area contributed by atoms with Crippen LogP contribution in [0.1, 0.15) is 18.3 Å². The summed E-state index contributed by atoms with van der Waals surface area (Å²) in [5, 5.41) is 5.80. The number of aromatic amines is 1. The van der Waals surface area contributed by atoms with Gasteiger partial charge in [0.2, 0.25) is 5.91 Å². The monoisotopic (exact) mass is 469 g/mol. The van der Waals surface area contributed by atoms with Crippen LogP contribution >= 0.6 is 34.7 Å². The van der Waals surface area contributed by atoms with E-state index in [1.165, 1.54) is 23.1 Å². The molecule has 2 heterocycles. The first kappa shape index (κ1) is 21.6. The van der Waals surface area contributed by atoms with Crippen molar-refractivity contribution in [2.75, 3.05) is 0 Å². The number of carbonyl (C=O) groups excluding carboxylic acids is 1. The maximum atomic E-state index is 12.7. The highest BCUT2D eigenvalue weighted by atomic mass is 35.5. The van der Waals surface area contributed by atoms with Crippen LogP contribution in [0.5, 0.6) is 0 Å². The number of fused-ring (bicyclic) bond motifs is 1. The summed E-state index contributed by atoms with van der Waals surface area (Å²) in [6, 6.07) is 17.2. The predicted molar refractivity (Wildman–Crippen MR) is 130 cm³/mol. The molecule has 0 saturated carbocycles. The van der Waals surface area contributed by atoms with Crippen molar-refractivity contribution in [3.63, 3.8) is 0 Å². The first-order valence-electron chi connectivity index (χ1n) is 9.71. The number of hydrogen-bond donors (Lipinski definition) is 2. The number of nitrogens with one attached hydrogen (secondary N) is 2. The van der Waals surface area contributed by atoms with Gasteiger partial charge in [-0.15, -0.1) is 23.1 Å². The van der Waals surface area contributed by atoms with Crippen molar-refractivity contribution in [2.24, 2.45) is 0 Å². The summed E-state index contributed by atoms with van der Waals surface area (Å²) in [6.45, 7) is 2.21. The summed E-state index contributed by atoms with van der Waals surface area (Å²) in [4.78, 5) is 33.3. The van der Waals surface area contributed by atoms with E-state index in [9.17, 15) is 9.59 Å². The molecule has 2 aromatic carbocycles. The Bertz CT molecular complexity index is 1270. The molecule has 0 spiro atoms. The number of H-pyrrole nitrogens is 1. The Morgan fingerprint density at radius 2 is 1.94 bits per heavy atom. The van der Waals surface area contributed by atoms with Gasteiger partial charge in [-0.3, -0.25) is 9.59 Å². The second kappa shape index (κ2) is 9.68. The minimum Gasteiger partial charge on any atom is -0.351 e. The van der Waals surface area contributed by atoms with Crippen LogP contribution in [0.4, 0.5) is 0 Å². The van der Waals surface area contributed by atoms with Crippen LogP contribution in [0.25, 0.3) is 21.3 Å². The summed E-state index contributed by atoms with van der Waals surface area (Å²) in [5.74, 6) is 0.912. The number of halogens is 1. The number of nitrogens with zero attached hydrogens (tertiary/aromatic N) is 1. The van der Waals surface area contributed by atoms with E-state index in [1.807, 2.05) is 60.8 Å². The number of hydrogen-bond acceptors (Lipinski definition) is 5. The summed E-state index contributed by atoms with van der Waals surface area (Å²) in [6.07, 6.45) is 0. The van der Waals surface area contributed by atoms with Crippen molar-refractivity contribution >= 4 is 50.8 Å². The minimum atomic E-state index is -0.299. The second-order valence-electron chi connectivity index (χ2n) is 6.97. The third kappa shape index (κ3) is 5.01. The first-order valence-corrected chi connectivity index (χ1v) is 12.0. The maximum absolute atomic E-state index is 12.7. The molecule has 1 atom stereocenters. The molecule has 5 nitrogen and oxygen atoms in total. The molecular weight excluding hydrogens is 450 g/mol. The topological polar surface area (TPSA) is 74.8 Å². The van der Waals surface area contributed by atoms with Gasteiger partial charge in [0.25, 0.3) is 5.56 Å². The molecule has 0 fully saturated rings. The van der Waals surface area contributed by atoms with E-state index in [-0.39, 0.29) is 16.7 Å². The van der Waals surface area contributed by atoms with Crippen molar-refractivity contribution in [1.82, 2.24) is 15.3 Å². The fourth-order valence-corrected chi connectivity index (χ4v) is 5.09. The molecule has 0 aliphatic heterocycles. The average Bonchev–Trinajstić information content (AvgIpc) is 3.22. The van der Waals surface area contributed by atoms with Crippen LogP contribution in [0.2, 0.25) is 5.02 Å². The van der Waals surface area contributed by atoms with Crippen molar-refractivity contribution in [2.45, 2.75) is 24.5 Å². The van der Waals surface area contributed by atoms with Gasteiger partial charge in [0, 0.05) is 22.5 Å². The lowest BCUT2D eigenvalue weighted by Crippen LogP contribution is -2.30. The van der Waals surface area contributed by atoms with E-state index >= 15 is 0 Å². The van der Waals surface area contributed by atoms with Gasteiger partial charge in [-0.1, -0.05) is 60.1 Å². The highest BCUT2D eigenvalue weighted by Crippen LogP contribution is 2.30. The maximum Gasteiger partial charge on any atom is 0.260 e. The molecule has 0 aliphatic carbocycles. The zero-order chi connectivity index (χ0) is 21.8. The molecule has 4 aromatic rings. The van der Waals surface area contributed by atoms with Crippen LogP contribution in [0.3, 0.4) is 0 Å². The zero-order valence-electron chi connectivity index (χ0n) is 16.7. The van der Waals surface area contributed by atoms with Crippen LogP contribution in [-0.2, 0) is 17.1 Å². The quantitative estimate of drug-likeness (QED) is 0.388. The van der Waals surface area contributed by atoms with Crippen molar-refractivity contribution in [3.05, 3.63) is 86.7 Å². The Labute approximate surface area is 192 Å². The summed E-state index contributed by atoms with van der Waals surface area (Å²) >= 11 is 9.01. The van der Waals surface area contributed by atoms with Crippen molar-refractivity contribution < 1.29 is 4.79 Å². The lowest BCUT2D eigenvalue weighted by molar-refractivity contribution is -0.120. The van der Waals surface area contributed by atoms with Crippen molar-refractivity contribution in [1.29, 1.82) is 0 Å². The lowest BCUT2D eigenvalue weighted by atomic mass is 10.1. The van der Waals surface area contributed by atoms with Gasteiger partial charge in [-0.05, 0) is 24.1 Å². The Morgan fingerprint density at radius 1 is 1.19 bits per heavy atom. The third-order valence-electron chi connectivity index (χ3n) is 4.83. The van der Waals surface area contributed by atoms with Crippen LogP contribution in [0, 0.1) is 0 Å². The first-order chi connectivity index (χ1) is 15.0. The Kier molecular flexibility index (Phi) is 6.75. The fraction of sp³-hybridized carbons (Fsp3) is 0.174. The van der Waals surface area contributed by atoms with E-state index in [0.29, 0.717) is 33.4 Å². The normalized spacial score (nSPS) is 12.1. The smallest absolute Gasteiger partial charge is 0.260 e. The molecule has 0 radical (unpaired) electrons. The number of amides is 1. The third-order valence-corrected chi connectivity index (χ3v) is 7.22. The second-order valence-corrected chi connectivity index (χ2v) is 9.57. The molecule has 2 N–H and O–H groups in total. The molecule has 31 heavy (non-hydrogen) atoms. The molecular formula is C23H20ClN3O2S2. The standard InChI is InChI=1S/C23H20ClN3O2S2/c1-14(21(28)25-11-16-9-5-6-10-18(16)24)30-13-19-26-22(29)20-17(12-31-23(20)27-19)15-7-3-2-4-8-15/h2-10,12,14H,11,13H2,1H3,(H,25,28)(H,26,27,29). The summed E-state index contributed by atoms with van der Waals surface area (Å²) in [7, 11) is 0. The molecule has 2 aromatic heterocycles. The number of rotatable bonds is 7. The van der Waals surface area contributed by atoms with E-state index in [1.54, 1.807) is 6.07 Å². The van der Waals surface area contributed by atoms with E-state index in [2.05, 4.69) is 15.3 Å². The van der Waals surface area contributed by atoms with Crippen LogP contribution in [0.15, 0.2) is 64.8 Å². The number of carbonyl (C=O) groups is 1. The summed E-state index contributed by atoms with van der Waals surface area (Å²) in [5.41, 5.74) is 2.60. The zero-order valence-corrected chi connectivity index (χ0v) is 19.1. The molecule has 8 heteroatoms. The Morgan fingerprint density at radius 3 is 2.71 bits per heavy atom. The molecule has 1 unspecified atom stereocenters. The van der Waals surface area contributed by atoms with E-state index < -0.39 is 0 Å². The van der Waals surface area contributed by atoms with Gasteiger partial charge in [0.05, 0.1) is 16.4 Å². The van der Waals surface area contributed by atoms with Crippen molar-refractivity contribution in [3.8, 4) is 11.1 Å². The van der Waals surface area contributed by atoms with Gasteiger partial charge < -0.3 is 10.3 Å². The van der Waals surface area contributed by atoms with Gasteiger partial charge in [-0.2, -0.15) is 0 Å². The highest BCUT2D eigenvalue weighted by Gasteiger charge is 2.16. The number of thioether (sulfide) groups is 1. The number of benzene rings is 2. The molecule has 0 aliphatic rings. The fourth-order valence-electron chi connectivity index (χ4n) is 3.14. The molecule has 0 saturated heterocycles. The van der Waals surface area contributed by atoms with Gasteiger partial charge in [-0.25, -0.2) is 4.98 Å². The molecule has 1 amide bonds. The molecule has 4 rings (SSSR count). The minimum absolute atomic E-state index is 0.0872. The van der Waals surface area contributed by atoms with Gasteiger partial charge >= 0.3 is 0 Å².